The van der Waals surface area contributed by atoms with Crippen LogP contribution in [0.4, 0.5) is 0 Å². The van der Waals surface area contributed by atoms with Crippen molar-refractivity contribution >= 4 is 17.7 Å². The third-order valence-electron chi connectivity index (χ3n) is 2.72. The molecule has 0 bridgehead atoms. The van der Waals surface area contributed by atoms with Gasteiger partial charge >= 0.3 is 0 Å². The third kappa shape index (κ3) is 10.2. The fourth-order valence-corrected chi connectivity index (χ4v) is 2.31. The summed E-state index contributed by atoms with van der Waals surface area (Å²) in [5.74, 6) is 1.67. The van der Waals surface area contributed by atoms with Crippen LogP contribution in [0.3, 0.4) is 0 Å². The lowest BCUT2D eigenvalue weighted by atomic mass is 10.2. The van der Waals surface area contributed by atoms with E-state index in [-0.39, 0.29) is 0 Å². The molecule has 0 N–H and O–H groups in total. The molecule has 0 saturated carbocycles. The number of ether oxygens (including phenoxy) is 1. The summed E-state index contributed by atoms with van der Waals surface area (Å²) in [6.45, 7) is 10.1. The smallest absolute Gasteiger partial charge is 0.190 e. The molecule has 0 radical (unpaired) electrons. The molecule has 0 aromatic heterocycles. The first-order valence-electron chi connectivity index (χ1n) is 7.75. The van der Waals surface area contributed by atoms with Crippen LogP contribution in [0.2, 0.25) is 0 Å². The van der Waals surface area contributed by atoms with E-state index in [2.05, 4.69) is 30.6 Å². The SMILES string of the molecule is C=C(OC(CCCCC)=NC)SCc1ccccc1.CC. The zero-order chi connectivity index (χ0) is 15.9. The summed E-state index contributed by atoms with van der Waals surface area (Å²) in [6.07, 6.45) is 4.45. The Kier molecular flexibility index (Phi) is 13.0. The number of nitrogens with zero attached hydrogens (tertiary/aromatic N) is 1. The molecule has 0 aliphatic carbocycles. The largest absolute Gasteiger partial charge is 0.437 e. The van der Waals surface area contributed by atoms with Crippen molar-refractivity contribution in [2.24, 2.45) is 4.99 Å². The van der Waals surface area contributed by atoms with Crippen molar-refractivity contribution in [3.05, 3.63) is 47.6 Å². The van der Waals surface area contributed by atoms with Gasteiger partial charge in [-0.25, -0.2) is 0 Å². The second-order valence-corrected chi connectivity index (χ2v) is 5.36. The Labute approximate surface area is 134 Å². The summed E-state index contributed by atoms with van der Waals surface area (Å²) in [5.41, 5.74) is 1.28. The lowest BCUT2D eigenvalue weighted by molar-refractivity contribution is 0.438. The third-order valence-corrected chi connectivity index (χ3v) is 3.60. The maximum Gasteiger partial charge on any atom is 0.190 e. The molecule has 21 heavy (non-hydrogen) atoms. The molecule has 0 aliphatic rings. The first-order valence-corrected chi connectivity index (χ1v) is 8.74. The number of hydrogen-bond acceptors (Lipinski definition) is 3. The quantitative estimate of drug-likeness (QED) is 0.253. The van der Waals surface area contributed by atoms with E-state index in [0.717, 1.165) is 29.6 Å². The van der Waals surface area contributed by atoms with Crippen molar-refractivity contribution in [1.82, 2.24) is 0 Å². The monoisotopic (exact) mass is 307 g/mol. The Hall–Kier alpha value is -1.22. The lowest BCUT2D eigenvalue weighted by Crippen LogP contribution is -2.03. The average molecular weight is 308 g/mol. The van der Waals surface area contributed by atoms with E-state index in [9.17, 15) is 0 Å². The van der Waals surface area contributed by atoms with Crippen molar-refractivity contribution in [3.8, 4) is 0 Å². The predicted molar refractivity (Wildman–Crippen MR) is 96.8 cm³/mol. The fourth-order valence-electron chi connectivity index (χ4n) is 1.63. The van der Waals surface area contributed by atoms with Crippen molar-refractivity contribution in [2.45, 2.75) is 52.2 Å². The van der Waals surface area contributed by atoms with Crippen molar-refractivity contribution in [3.63, 3.8) is 0 Å². The fraction of sp³-hybridized carbons (Fsp3) is 0.500. The second kappa shape index (κ2) is 13.7. The highest BCUT2D eigenvalue weighted by Gasteiger charge is 2.04. The molecule has 0 atom stereocenters. The van der Waals surface area contributed by atoms with E-state index in [4.69, 9.17) is 4.74 Å². The number of benzene rings is 1. The Morgan fingerprint density at radius 2 is 1.86 bits per heavy atom. The van der Waals surface area contributed by atoms with E-state index in [1.54, 1.807) is 18.8 Å². The lowest BCUT2D eigenvalue weighted by Gasteiger charge is -2.10. The van der Waals surface area contributed by atoms with Gasteiger partial charge in [0.15, 0.2) is 11.0 Å². The van der Waals surface area contributed by atoms with Gasteiger partial charge in [-0.15, -0.1) is 0 Å². The Bertz CT molecular complexity index is 401. The van der Waals surface area contributed by atoms with Crippen LogP contribution >= 0.6 is 11.8 Å². The normalized spacial score (nSPS) is 10.6. The molecule has 0 spiro atoms. The number of unbranched alkanes of at least 4 members (excludes halogenated alkanes) is 2. The minimum absolute atomic E-state index is 0.723. The number of rotatable bonds is 8. The van der Waals surface area contributed by atoms with E-state index in [0.29, 0.717) is 0 Å². The maximum atomic E-state index is 5.69. The molecule has 0 fully saturated rings. The van der Waals surface area contributed by atoms with Crippen LogP contribution < -0.4 is 0 Å². The summed E-state index contributed by atoms with van der Waals surface area (Å²) in [5, 5.41) is 0.723. The van der Waals surface area contributed by atoms with Crippen molar-refractivity contribution < 1.29 is 4.74 Å². The van der Waals surface area contributed by atoms with Gasteiger partial charge in [0.05, 0.1) is 0 Å². The van der Waals surface area contributed by atoms with Crippen LogP contribution in [-0.4, -0.2) is 12.9 Å². The predicted octanol–water partition coefficient (Wildman–Crippen LogP) is 6.04. The molecule has 0 unspecified atom stereocenters. The summed E-state index contributed by atoms with van der Waals surface area (Å²) >= 11 is 1.61. The molecule has 2 nitrogen and oxygen atoms in total. The minimum atomic E-state index is 0.723. The summed E-state index contributed by atoms with van der Waals surface area (Å²) in [4.78, 5) is 4.18. The van der Waals surface area contributed by atoms with Gasteiger partial charge in [-0.3, -0.25) is 4.99 Å². The second-order valence-electron chi connectivity index (χ2n) is 4.32. The number of hydrogen-bond donors (Lipinski definition) is 0. The maximum absolute atomic E-state index is 5.69. The van der Waals surface area contributed by atoms with Gasteiger partial charge in [-0.05, 0) is 18.6 Å². The summed E-state index contributed by atoms with van der Waals surface area (Å²) < 4.78 is 5.69. The summed E-state index contributed by atoms with van der Waals surface area (Å²) in [6, 6.07) is 10.3. The zero-order valence-corrected chi connectivity index (χ0v) is 14.7. The molecule has 0 saturated heterocycles. The molecule has 0 amide bonds. The Morgan fingerprint density at radius 1 is 1.19 bits per heavy atom. The van der Waals surface area contributed by atoms with Gasteiger partial charge in [-0.1, -0.05) is 75.7 Å². The van der Waals surface area contributed by atoms with Gasteiger partial charge in [0, 0.05) is 19.2 Å². The molecule has 118 valence electrons. The van der Waals surface area contributed by atoms with Crippen LogP contribution in [0.5, 0.6) is 0 Å². The first-order chi connectivity index (χ1) is 10.3. The van der Waals surface area contributed by atoms with Crippen molar-refractivity contribution in [2.75, 3.05) is 7.05 Å². The Balaban J connectivity index is 0.00000191. The first kappa shape index (κ1) is 19.8. The molecule has 1 aromatic rings. The molecule has 1 rings (SSSR count). The van der Waals surface area contributed by atoms with Crippen LogP contribution in [0, 0.1) is 0 Å². The van der Waals surface area contributed by atoms with Gasteiger partial charge in [-0.2, -0.15) is 0 Å². The molecule has 0 aliphatic heterocycles. The molecular weight excluding hydrogens is 278 g/mol. The highest BCUT2D eigenvalue weighted by atomic mass is 32.2. The van der Waals surface area contributed by atoms with Crippen LogP contribution in [0.25, 0.3) is 0 Å². The van der Waals surface area contributed by atoms with E-state index in [1.165, 1.54) is 18.4 Å². The standard InChI is InChI=1S/C16H23NOS.C2H6/c1-4-5-7-12-16(17-3)18-14(2)19-13-15-10-8-6-9-11-15;1-2/h6,8-11H,2,4-5,7,12-13H2,1,3H3;1-2H3. The Morgan fingerprint density at radius 3 is 2.43 bits per heavy atom. The molecular formula is C18H29NOS. The highest BCUT2D eigenvalue weighted by Crippen LogP contribution is 2.21. The zero-order valence-electron chi connectivity index (χ0n) is 13.9. The highest BCUT2D eigenvalue weighted by molar-refractivity contribution is 8.02. The van der Waals surface area contributed by atoms with Gasteiger partial charge in [0.1, 0.15) is 0 Å². The van der Waals surface area contributed by atoms with Gasteiger partial charge < -0.3 is 4.74 Å². The summed E-state index contributed by atoms with van der Waals surface area (Å²) in [7, 11) is 1.77. The van der Waals surface area contributed by atoms with Crippen LogP contribution in [0.15, 0.2) is 47.0 Å². The van der Waals surface area contributed by atoms with Crippen LogP contribution in [0.1, 0.15) is 52.0 Å². The topological polar surface area (TPSA) is 21.6 Å². The van der Waals surface area contributed by atoms with Crippen LogP contribution in [-0.2, 0) is 10.5 Å². The van der Waals surface area contributed by atoms with E-state index >= 15 is 0 Å². The number of thioether (sulfide) groups is 1. The molecule has 0 heterocycles. The minimum Gasteiger partial charge on any atom is -0.437 e. The van der Waals surface area contributed by atoms with E-state index < -0.39 is 0 Å². The van der Waals surface area contributed by atoms with E-state index in [1.807, 2.05) is 32.0 Å². The molecule has 1 aromatic carbocycles. The van der Waals surface area contributed by atoms with Gasteiger partial charge in [0.2, 0.25) is 0 Å². The van der Waals surface area contributed by atoms with Gasteiger partial charge in [0.25, 0.3) is 0 Å². The molecule has 3 heteroatoms. The number of aliphatic imine (C=N–C) groups is 1. The average Bonchev–Trinajstić information content (AvgIpc) is 2.55. The van der Waals surface area contributed by atoms with Crippen molar-refractivity contribution in [1.29, 1.82) is 0 Å².